The van der Waals surface area contributed by atoms with Crippen LogP contribution in [0.5, 0.6) is 0 Å². The molecule has 15 nitrogen and oxygen atoms in total. The Morgan fingerprint density at radius 3 is 2.10 bits per heavy atom. The second-order valence-electron chi connectivity index (χ2n) is 16.7. The van der Waals surface area contributed by atoms with E-state index in [1.165, 1.54) is 14.2 Å². The molecule has 1 aliphatic rings. The van der Waals surface area contributed by atoms with Crippen molar-refractivity contribution in [1.29, 1.82) is 0 Å². The van der Waals surface area contributed by atoms with Crippen molar-refractivity contribution in [2.24, 2.45) is 29.4 Å². The molecule has 59 heavy (non-hydrogen) atoms. The molecule has 0 aliphatic carbocycles. The molecule has 0 aromatic heterocycles. The predicted molar refractivity (Wildman–Crippen MR) is 228 cm³/mol. The number of ether oxygens (including phenoxy) is 4. The summed E-state index contributed by atoms with van der Waals surface area (Å²) in [6, 6.07) is 6.26. The summed E-state index contributed by atoms with van der Waals surface area (Å²) >= 11 is 0. The third-order valence-electron chi connectivity index (χ3n) is 11.8. The Hall–Kier alpha value is -3.63. The minimum absolute atomic E-state index is 0.0106. The highest BCUT2D eigenvalue weighted by Crippen LogP contribution is 2.30. The number of likely N-dealkylation sites (N-methyl/N-ethyl adjacent to an activating group) is 2. The molecule has 0 bridgehead atoms. The fraction of sp³-hybridized carbons (Fsp3) is 0.750. The first-order valence-electron chi connectivity index (χ1n) is 21.3. The van der Waals surface area contributed by atoms with Crippen molar-refractivity contribution in [3.05, 3.63) is 35.9 Å². The second-order valence-corrected chi connectivity index (χ2v) is 16.7. The molecule has 1 saturated heterocycles. The van der Waals surface area contributed by atoms with Gasteiger partial charge in [0.25, 0.3) is 0 Å². The lowest BCUT2D eigenvalue weighted by Gasteiger charge is -2.41. The first kappa shape index (κ1) is 51.5. The number of carbonyl (C=O) groups is 5. The molecule has 0 radical (unpaired) electrons. The third kappa shape index (κ3) is 14.8. The van der Waals surface area contributed by atoms with Crippen LogP contribution in [-0.4, -0.2) is 155 Å². The summed E-state index contributed by atoms with van der Waals surface area (Å²) in [7, 11) is 7.95. The van der Waals surface area contributed by atoms with Crippen LogP contribution in [0.2, 0.25) is 0 Å². The number of esters is 1. The highest BCUT2D eigenvalue weighted by Gasteiger charge is 2.43. The predicted octanol–water partition coefficient (Wildman–Crippen LogP) is 2.88. The van der Waals surface area contributed by atoms with Crippen LogP contribution in [0.4, 0.5) is 0 Å². The molecule has 4 amide bonds. The van der Waals surface area contributed by atoms with Crippen LogP contribution in [-0.2, 0) is 49.3 Å². The molecular weight excluding hydrogens is 757 g/mol. The second kappa shape index (κ2) is 25.9. The average molecular weight is 833 g/mol. The topological polar surface area (TPSA) is 182 Å². The number of likely N-dealkylation sites (tertiary alicyclic amines) is 1. The van der Waals surface area contributed by atoms with Crippen LogP contribution in [0.3, 0.4) is 0 Å². The largest absolute Gasteiger partial charge is 0.467 e. The Kier molecular flexibility index (Phi) is 22.6. The highest BCUT2D eigenvalue weighted by atomic mass is 16.5. The van der Waals surface area contributed by atoms with Gasteiger partial charge in [0, 0.05) is 47.3 Å². The number of nitrogens with zero attached hydrogens (tertiary/aromatic N) is 3. The lowest BCUT2D eigenvalue weighted by atomic mass is 9.89. The maximum absolute atomic E-state index is 14.4. The highest BCUT2D eigenvalue weighted by molar-refractivity contribution is 5.90. The minimum Gasteiger partial charge on any atom is -0.467 e. The Labute approximate surface area is 353 Å². The van der Waals surface area contributed by atoms with Gasteiger partial charge in [-0.1, -0.05) is 85.2 Å². The molecule has 1 heterocycles. The zero-order valence-corrected chi connectivity index (χ0v) is 37.9. The Morgan fingerprint density at radius 1 is 0.898 bits per heavy atom. The van der Waals surface area contributed by atoms with Crippen LogP contribution in [0, 0.1) is 23.7 Å². The number of rotatable bonds is 26. The smallest absolute Gasteiger partial charge is 0.328 e. The molecule has 1 aliphatic heterocycles. The van der Waals surface area contributed by atoms with E-state index in [0.29, 0.717) is 45.7 Å². The first-order chi connectivity index (χ1) is 28.0. The number of methoxy groups -OCH3 is 3. The maximum Gasteiger partial charge on any atom is 0.328 e. The lowest BCUT2D eigenvalue weighted by Crippen LogP contribution is -2.60. The van der Waals surface area contributed by atoms with Crippen molar-refractivity contribution >= 4 is 29.6 Å². The molecule has 0 saturated carbocycles. The summed E-state index contributed by atoms with van der Waals surface area (Å²) in [6.45, 7) is 15.8. The van der Waals surface area contributed by atoms with Crippen molar-refractivity contribution in [2.45, 2.75) is 123 Å². The van der Waals surface area contributed by atoms with E-state index < -0.39 is 54.3 Å². The summed E-state index contributed by atoms with van der Waals surface area (Å²) in [5.74, 6) is -2.65. The third-order valence-corrected chi connectivity index (χ3v) is 11.8. The molecule has 1 aromatic rings. The van der Waals surface area contributed by atoms with Gasteiger partial charge in [-0.05, 0) is 43.2 Å². The van der Waals surface area contributed by atoms with Crippen molar-refractivity contribution in [2.75, 3.05) is 68.3 Å². The first-order valence-corrected chi connectivity index (χ1v) is 21.3. The van der Waals surface area contributed by atoms with E-state index in [0.717, 1.165) is 12.0 Å². The monoisotopic (exact) mass is 833 g/mol. The van der Waals surface area contributed by atoms with Gasteiger partial charge in [-0.3, -0.25) is 24.1 Å². The van der Waals surface area contributed by atoms with Gasteiger partial charge in [-0.15, -0.1) is 0 Å². The number of amides is 4. The lowest BCUT2D eigenvalue weighted by molar-refractivity contribution is -0.149. The molecule has 1 aromatic carbocycles. The SMILES string of the molecule is CC[C@H](C)[C@@H]([C@@H](CC(=O)N1CCC[C@H]1[C@H](OC)[C@@H](C)C(=O)N[C@@H](Cc1ccccc1)C(=O)OC)OC)N(C)C(=O)[C@@H](NC(=O)[C@H](C(C)C)N(C)CCOCCN)C(C)C. The van der Waals surface area contributed by atoms with E-state index >= 15 is 0 Å². The Morgan fingerprint density at radius 2 is 1.56 bits per heavy atom. The Balaban J connectivity index is 2.27. The number of hydrogen-bond donors (Lipinski definition) is 3. The van der Waals surface area contributed by atoms with E-state index in [9.17, 15) is 24.0 Å². The molecule has 15 heteroatoms. The van der Waals surface area contributed by atoms with E-state index in [4.69, 9.17) is 24.7 Å². The van der Waals surface area contributed by atoms with Gasteiger partial charge in [0.1, 0.15) is 12.1 Å². The quantitative estimate of drug-likeness (QED) is 0.0923. The van der Waals surface area contributed by atoms with Crippen LogP contribution >= 0.6 is 0 Å². The minimum atomic E-state index is -0.899. The van der Waals surface area contributed by atoms with Gasteiger partial charge < -0.3 is 45.1 Å². The van der Waals surface area contributed by atoms with E-state index in [1.807, 2.05) is 83.8 Å². The number of nitrogens with two attached hydrogens (primary N) is 1. The van der Waals surface area contributed by atoms with Crippen LogP contribution in [0.15, 0.2) is 30.3 Å². The number of carbonyl (C=O) groups excluding carboxylic acids is 5. The molecular formula is C44H76N6O9. The molecule has 4 N–H and O–H groups in total. The van der Waals surface area contributed by atoms with Crippen molar-refractivity contribution < 1.29 is 42.9 Å². The molecule has 336 valence electrons. The Bertz CT molecular complexity index is 1450. The zero-order valence-electron chi connectivity index (χ0n) is 37.9. The number of nitrogens with one attached hydrogen (secondary N) is 2. The number of hydrogen-bond acceptors (Lipinski definition) is 11. The van der Waals surface area contributed by atoms with Crippen molar-refractivity contribution in [3.63, 3.8) is 0 Å². The van der Waals surface area contributed by atoms with E-state index in [2.05, 4.69) is 10.6 Å². The van der Waals surface area contributed by atoms with E-state index in [-0.39, 0.29) is 54.2 Å². The van der Waals surface area contributed by atoms with Crippen LogP contribution in [0.1, 0.15) is 79.7 Å². The molecule has 9 atom stereocenters. The van der Waals surface area contributed by atoms with E-state index in [1.54, 1.807) is 30.9 Å². The maximum atomic E-state index is 14.4. The normalized spacial score (nSPS) is 18.4. The van der Waals surface area contributed by atoms with Gasteiger partial charge >= 0.3 is 5.97 Å². The summed E-state index contributed by atoms with van der Waals surface area (Å²) in [6.07, 6.45) is 0.981. The molecule has 0 unspecified atom stereocenters. The molecule has 2 rings (SSSR count). The van der Waals surface area contributed by atoms with Gasteiger partial charge in [0.2, 0.25) is 23.6 Å². The average Bonchev–Trinajstić information content (AvgIpc) is 3.70. The van der Waals surface area contributed by atoms with Crippen molar-refractivity contribution in [1.82, 2.24) is 25.3 Å². The van der Waals surface area contributed by atoms with Gasteiger partial charge in [-0.2, -0.15) is 0 Å². The number of benzene rings is 1. The van der Waals surface area contributed by atoms with Crippen LogP contribution in [0.25, 0.3) is 0 Å². The standard InChI is InChI=1S/C44H76N6O9/c1-13-30(6)39(49(9)43(54)37(28(2)3)47-42(53)38(29(4)5)48(8)23-25-59-24-21-45)35(56-10)27-36(51)50-22-17-20-34(50)40(57-11)31(7)41(52)46-33(44(55)58-12)26-32-18-15-14-16-19-32/h14-16,18-19,28-31,33-35,37-40H,13,17,20-27,45H2,1-12H3,(H,46,52)(H,47,53)/t30-,31+,33-,34-,35+,37-,38-,39-,40+/m0/s1. The van der Waals surface area contributed by atoms with Crippen molar-refractivity contribution in [3.8, 4) is 0 Å². The fourth-order valence-corrected chi connectivity index (χ4v) is 8.31. The molecule has 1 fully saturated rings. The zero-order chi connectivity index (χ0) is 44.4. The summed E-state index contributed by atoms with van der Waals surface area (Å²) in [5, 5.41) is 5.93. The summed E-state index contributed by atoms with van der Waals surface area (Å²) < 4.78 is 22.6. The van der Waals surface area contributed by atoms with Gasteiger partial charge in [0.05, 0.1) is 63.0 Å². The fourth-order valence-electron chi connectivity index (χ4n) is 8.31. The van der Waals surface area contributed by atoms with Crippen LogP contribution < -0.4 is 16.4 Å². The molecule has 0 spiro atoms. The van der Waals surface area contributed by atoms with Gasteiger partial charge in [0.15, 0.2) is 0 Å². The summed E-state index contributed by atoms with van der Waals surface area (Å²) in [5.41, 5.74) is 6.42. The van der Waals surface area contributed by atoms with Gasteiger partial charge in [-0.25, -0.2) is 4.79 Å². The summed E-state index contributed by atoms with van der Waals surface area (Å²) in [4.78, 5) is 74.4.